The average Bonchev–Trinajstić information content (AvgIpc) is 3.64. The van der Waals surface area contributed by atoms with Crippen LogP contribution in [0, 0.1) is 11.8 Å². The molecule has 3 aliphatic rings. The van der Waals surface area contributed by atoms with E-state index in [1.165, 1.54) is 30.0 Å². The van der Waals surface area contributed by atoms with Crippen molar-refractivity contribution >= 4 is 38.3 Å². The minimum atomic E-state index is -4.20. The van der Waals surface area contributed by atoms with Crippen LogP contribution in [0.2, 0.25) is 5.28 Å². The molecule has 17 heteroatoms. The van der Waals surface area contributed by atoms with Crippen molar-refractivity contribution in [1.82, 2.24) is 19.6 Å². The predicted molar refractivity (Wildman–Crippen MR) is 130 cm³/mol. The summed E-state index contributed by atoms with van der Waals surface area (Å²) in [5, 5.41) is 14.7. The second kappa shape index (κ2) is 10.4. The molecule has 4 heterocycles. The Labute approximate surface area is 217 Å². The molecule has 0 aromatic carbocycles. The third kappa shape index (κ3) is 5.08. The highest BCUT2D eigenvalue weighted by Gasteiger charge is 2.51. The topological polar surface area (TPSA) is 147 Å². The van der Waals surface area contributed by atoms with Gasteiger partial charge in [0.2, 0.25) is 5.28 Å². The van der Waals surface area contributed by atoms with Gasteiger partial charge in [-0.25, -0.2) is 13.9 Å². The fourth-order valence-corrected chi connectivity index (χ4v) is 9.55. The van der Waals surface area contributed by atoms with Crippen molar-refractivity contribution in [3.05, 3.63) is 17.2 Å². The first kappa shape index (κ1) is 27.4. The molecule has 206 valence electrons. The number of imidazole rings is 1. The summed E-state index contributed by atoms with van der Waals surface area (Å²) in [6, 6.07) is 0. The van der Waals surface area contributed by atoms with Gasteiger partial charge in [0.1, 0.15) is 12.2 Å². The molecule has 1 saturated carbocycles. The average molecular weight is 584 g/mol. The molecule has 0 bridgehead atoms. The number of hydrogen-bond acceptors (Lipinski definition) is 12. The lowest BCUT2D eigenvalue weighted by atomic mass is 10.0. The van der Waals surface area contributed by atoms with E-state index < -0.39 is 45.8 Å². The number of halogens is 2. The van der Waals surface area contributed by atoms with E-state index in [4.69, 9.17) is 34.4 Å². The first-order chi connectivity index (χ1) is 17.6. The lowest BCUT2D eigenvalue weighted by Gasteiger charge is -2.24. The number of hydrogen-bond donors (Lipinski definition) is 1. The molecule has 2 aliphatic heterocycles. The van der Waals surface area contributed by atoms with Gasteiger partial charge in [0, 0.05) is 34.4 Å². The Morgan fingerprint density at radius 1 is 1.16 bits per heavy atom. The first-order valence-corrected chi connectivity index (χ1v) is 15.6. The molecule has 3 fully saturated rings. The second-order valence-electron chi connectivity index (χ2n) is 9.36. The van der Waals surface area contributed by atoms with Crippen LogP contribution < -0.4 is 4.90 Å². The zero-order valence-corrected chi connectivity index (χ0v) is 23.0. The Bertz CT molecular complexity index is 1230. The Kier molecular flexibility index (Phi) is 7.69. The molecule has 37 heavy (non-hydrogen) atoms. The van der Waals surface area contributed by atoms with Crippen molar-refractivity contribution < 1.29 is 41.5 Å². The third-order valence-corrected chi connectivity index (χ3v) is 12.4. The molecule has 0 radical (unpaired) electrons. The van der Waals surface area contributed by atoms with Gasteiger partial charge in [-0.2, -0.15) is 4.98 Å². The lowest BCUT2D eigenvalue weighted by Crippen LogP contribution is -2.29. The largest absolute Gasteiger partial charge is 0.385 e. The third-order valence-electron chi connectivity index (χ3n) is 7.28. The summed E-state index contributed by atoms with van der Waals surface area (Å²) < 4.78 is 67.7. The minimum absolute atomic E-state index is 0.0562. The summed E-state index contributed by atoms with van der Waals surface area (Å²) in [7, 11) is -4.75. The number of ether oxygens (including phenoxy) is 1. The second-order valence-corrected chi connectivity index (χ2v) is 14.6. The van der Waals surface area contributed by atoms with E-state index in [1.54, 1.807) is 0 Å². The standard InChI is InChI=1S/C20H29ClFN5O8P2/c1-31-36(29,32-2)10-37(30,33-3)35-19-15(28)14(22)16(34-19)13-7-23-17-18(24-20(21)25-27(13)17)26-8-11-5-4-6-12(11)9-26/h7,11-12,14-16,19,28H,4-6,8-10H2,1-3H3/t11?,12?,14-,15-,16-,19+,37?/m0/s1. The van der Waals surface area contributed by atoms with E-state index in [2.05, 4.69) is 20.0 Å². The first-order valence-electron chi connectivity index (χ1n) is 11.8. The molecule has 2 aromatic heterocycles. The van der Waals surface area contributed by atoms with E-state index in [9.17, 15) is 14.2 Å². The van der Waals surface area contributed by atoms with Gasteiger partial charge in [-0.1, -0.05) is 6.42 Å². The van der Waals surface area contributed by atoms with Crippen molar-refractivity contribution in [3.63, 3.8) is 0 Å². The Morgan fingerprint density at radius 3 is 2.43 bits per heavy atom. The fraction of sp³-hybridized carbons (Fsp3) is 0.750. The normalized spacial score (nSPS) is 31.8. The van der Waals surface area contributed by atoms with Crippen molar-refractivity contribution in [1.29, 1.82) is 0 Å². The van der Waals surface area contributed by atoms with E-state index in [0.717, 1.165) is 34.4 Å². The van der Waals surface area contributed by atoms with Crippen LogP contribution in [0.5, 0.6) is 0 Å². The molecule has 2 saturated heterocycles. The highest BCUT2D eigenvalue weighted by atomic mass is 35.5. The van der Waals surface area contributed by atoms with Gasteiger partial charge in [-0.05, 0) is 36.3 Å². The van der Waals surface area contributed by atoms with Crippen LogP contribution in [-0.2, 0) is 32.0 Å². The van der Waals surface area contributed by atoms with E-state index in [1.807, 2.05) is 0 Å². The van der Waals surface area contributed by atoms with Crippen molar-refractivity contribution in [2.75, 3.05) is 45.2 Å². The molecular weight excluding hydrogens is 555 g/mol. The molecule has 5 rings (SSSR count). The van der Waals surface area contributed by atoms with Crippen LogP contribution in [0.1, 0.15) is 31.1 Å². The molecule has 3 unspecified atom stereocenters. The molecule has 1 N–H and O–H groups in total. The molecule has 13 nitrogen and oxygen atoms in total. The number of rotatable bonds is 9. The summed E-state index contributed by atoms with van der Waals surface area (Å²) in [5.74, 6) is 0.957. The zero-order valence-electron chi connectivity index (χ0n) is 20.5. The van der Waals surface area contributed by atoms with Crippen LogP contribution >= 0.6 is 26.8 Å². The van der Waals surface area contributed by atoms with Crippen molar-refractivity contribution in [2.45, 2.75) is 43.9 Å². The maximum Gasteiger partial charge on any atom is 0.344 e. The van der Waals surface area contributed by atoms with Crippen molar-refractivity contribution in [2.24, 2.45) is 11.8 Å². The highest BCUT2D eigenvalue weighted by Crippen LogP contribution is 2.64. The maximum atomic E-state index is 15.3. The number of alkyl halides is 1. The fourth-order valence-electron chi connectivity index (χ4n) is 5.32. The summed E-state index contributed by atoms with van der Waals surface area (Å²) in [5.41, 5.74) is 0.530. The van der Waals surface area contributed by atoms with Crippen LogP contribution in [0.15, 0.2) is 6.20 Å². The van der Waals surface area contributed by atoms with E-state index >= 15 is 4.39 Å². The Hall–Kier alpha value is -1.21. The molecule has 1 aliphatic carbocycles. The van der Waals surface area contributed by atoms with Crippen LogP contribution in [-0.4, -0.2) is 83.6 Å². The number of aromatic nitrogens is 4. The Morgan fingerprint density at radius 2 is 1.81 bits per heavy atom. The molecule has 0 spiro atoms. The van der Waals surface area contributed by atoms with Gasteiger partial charge in [0.25, 0.3) is 0 Å². The minimum Gasteiger partial charge on any atom is -0.385 e. The predicted octanol–water partition coefficient (Wildman–Crippen LogP) is 3.41. The molecular formula is C20H29ClFN5O8P2. The Balaban J connectivity index is 1.40. The van der Waals surface area contributed by atoms with Gasteiger partial charge in [0.05, 0.1) is 11.9 Å². The van der Waals surface area contributed by atoms with Gasteiger partial charge in [0.15, 0.2) is 29.8 Å². The van der Waals surface area contributed by atoms with E-state index in [-0.39, 0.29) is 11.0 Å². The number of nitrogens with zero attached hydrogens (tertiary/aromatic N) is 5. The van der Waals surface area contributed by atoms with Gasteiger partial charge >= 0.3 is 15.2 Å². The monoisotopic (exact) mass is 583 g/mol. The van der Waals surface area contributed by atoms with Crippen LogP contribution in [0.3, 0.4) is 0 Å². The van der Waals surface area contributed by atoms with Gasteiger partial charge < -0.3 is 28.3 Å². The SMILES string of the molecule is COP(=O)(CP(=O)(OC)O[C@H]1O[C@@H](c2cnc3c(N4CC5CCCC5C4)nc(Cl)nn23)[C@@H](F)[C@@H]1O)OC. The smallest absolute Gasteiger partial charge is 0.344 e. The molecule has 2 aromatic rings. The highest BCUT2D eigenvalue weighted by molar-refractivity contribution is 7.71. The number of aliphatic hydroxyl groups is 1. The lowest BCUT2D eigenvalue weighted by molar-refractivity contribution is -0.115. The zero-order chi connectivity index (χ0) is 26.5. The van der Waals surface area contributed by atoms with E-state index in [0.29, 0.717) is 23.3 Å². The molecule has 7 atom stereocenters. The number of fused-ring (bicyclic) bond motifs is 2. The maximum absolute atomic E-state index is 15.3. The van der Waals surface area contributed by atoms with Gasteiger partial charge in [-0.15, -0.1) is 5.10 Å². The summed E-state index contributed by atoms with van der Waals surface area (Å²) in [6.07, 6.45) is -2.03. The summed E-state index contributed by atoms with van der Waals surface area (Å²) >= 11 is 6.24. The summed E-state index contributed by atoms with van der Waals surface area (Å²) in [4.78, 5) is 10.9. The summed E-state index contributed by atoms with van der Waals surface area (Å²) in [6.45, 7) is 1.66. The van der Waals surface area contributed by atoms with Crippen molar-refractivity contribution in [3.8, 4) is 0 Å². The van der Waals surface area contributed by atoms with Crippen LogP contribution in [0.4, 0.5) is 10.2 Å². The van der Waals surface area contributed by atoms with Gasteiger partial charge in [-0.3, -0.25) is 13.7 Å². The van der Waals surface area contributed by atoms with Crippen LogP contribution in [0.25, 0.3) is 5.65 Å². The molecule has 0 amide bonds. The quantitative estimate of drug-likeness (QED) is 0.431. The number of anilines is 1. The number of aliphatic hydroxyl groups excluding tert-OH is 1.